The van der Waals surface area contributed by atoms with Crippen molar-refractivity contribution in [1.29, 1.82) is 0 Å². The highest BCUT2D eigenvalue weighted by Crippen LogP contribution is 2.27. The number of aromatic nitrogens is 1. The first-order chi connectivity index (χ1) is 11.7. The number of thiazole rings is 1. The highest BCUT2D eigenvalue weighted by molar-refractivity contribution is 7.13. The van der Waals surface area contributed by atoms with Gasteiger partial charge in [0.2, 0.25) is 0 Å². The maximum atomic E-state index is 13.0. The fourth-order valence-electron chi connectivity index (χ4n) is 3.26. The Morgan fingerprint density at radius 3 is 2.72 bits per heavy atom. The number of carbonyl (C=O) groups excluding carboxylic acids is 1. The largest absolute Gasteiger partial charge is 0.334 e. The second kappa shape index (κ2) is 9.32. The second-order valence-electron chi connectivity index (χ2n) is 6.33. The molecule has 0 spiro atoms. The topological polar surface area (TPSA) is 45.2 Å². The predicted molar refractivity (Wildman–Crippen MR) is 107 cm³/mol. The maximum Gasteiger partial charge on any atom is 0.273 e. The van der Waals surface area contributed by atoms with Gasteiger partial charge >= 0.3 is 0 Å². The van der Waals surface area contributed by atoms with Crippen molar-refractivity contribution in [3.63, 3.8) is 0 Å². The zero-order valence-corrected chi connectivity index (χ0v) is 16.5. The molecule has 1 aromatic heterocycles. The minimum absolute atomic E-state index is 0. The van der Waals surface area contributed by atoms with Crippen LogP contribution in [0.3, 0.4) is 0 Å². The number of piperidine rings is 1. The van der Waals surface area contributed by atoms with E-state index in [0.29, 0.717) is 11.7 Å². The Morgan fingerprint density at radius 1 is 1.32 bits per heavy atom. The number of nitrogens with zero attached hydrogens (tertiary/aromatic N) is 2. The van der Waals surface area contributed by atoms with E-state index in [9.17, 15) is 4.79 Å². The Kier molecular flexibility index (Phi) is 7.41. The van der Waals surface area contributed by atoms with Gasteiger partial charge in [0.15, 0.2) is 0 Å². The van der Waals surface area contributed by atoms with Crippen molar-refractivity contribution < 1.29 is 4.79 Å². The van der Waals surface area contributed by atoms with Crippen LogP contribution >= 0.6 is 23.7 Å². The van der Waals surface area contributed by atoms with E-state index in [1.54, 1.807) is 11.3 Å². The van der Waals surface area contributed by atoms with Crippen LogP contribution in [0.5, 0.6) is 0 Å². The summed E-state index contributed by atoms with van der Waals surface area (Å²) in [6, 6.07) is 8.53. The average Bonchev–Trinajstić information content (AvgIpc) is 3.10. The molecule has 1 saturated heterocycles. The number of halogens is 1. The molecule has 1 fully saturated rings. The van der Waals surface area contributed by atoms with Gasteiger partial charge in [-0.1, -0.05) is 31.2 Å². The van der Waals surface area contributed by atoms with Gasteiger partial charge in [0.1, 0.15) is 10.7 Å². The molecule has 1 aliphatic rings. The summed E-state index contributed by atoms with van der Waals surface area (Å²) in [5, 5.41) is 6.21. The standard InChI is InChI=1S/C19H25N3OS.ClH/c1-3-12-22(15-8-10-20-11-9-15)19(23)17-13-24-18(21-17)16-7-5-4-6-14(16)2;/h4-7,13,15,20H,3,8-12H2,1-2H3;1H. The summed E-state index contributed by atoms with van der Waals surface area (Å²) in [6.07, 6.45) is 3.03. The lowest BCUT2D eigenvalue weighted by Gasteiger charge is -2.34. The number of aryl methyl sites for hydroxylation is 1. The summed E-state index contributed by atoms with van der Waals surface area (Å²) in [7, 11) is 0. The first kappa shape index (κ1) is 19.9. The van der Waals surface area contributed by atoms with Crippen molar-refractivity contribution in [1.82, 2.24) is 15.2 Å². The third kappa shape index (κ3) is 4.60. The van der Waals surface area contributed by atoms with E-state index < -0.39 is 0 Å². The van der Waals surface area contributed by atoms with Crippen LogP contribution in [0.25, 0.3) is 10.6 Å². The Morgan fingerprint density at radius 2 is 2.04 bits per heavy atom. The Hall–Kier alpha value is -1.43. The van der Waals surface area contributed by atoms with Crippen LogP contribution in [0.2, 0.25) is 0 Å². The molecule has 3 rings (SSSR count). The van der Waals surface area contributed by atoms with E-state index in [1.807, 2.05) is 22.4 Å². The molecule has 1 aliphatic heterocycles. The van der Waals surface area contributed by atoms with Crippen molar-refractivity contribution in [2.24, 2.45) is 0 Å². The van der Waals surface area contributed by atoms with Crippen LogP contribution < -0.4 is 5.32 Å². The predicted octanol–water partition coefficient (Wildman–Crippen LogP) is 4.14. The van der Waals surface area contributed by atoms with Gasteiger partial charge in [-0.15, -0.1) is 23.7 Å². The molecule has 0 unspecified atom stereocenters. The number of hydrogen-bond acceptors (Lipinski definition) is 4. The number of rotatable bonds is 5. The van der Waals surface area contributed by atoms with Crippen molar-refractivity contribution in [3.8, 4) is 10.6 Å². The number of amides is 1. The monoisotopic (exact) mass is 379 g/mol. The van der Waals surface area contributed by atoms with Crippen LogP contribution in [0.15, 0.2) is 29.6 Å². The van der Waals surface area contributed by atoms with Gasteiger partial charge in [-0.2, -0.15) is 0 Å². The SMILES string of the molecule is CCCN(C(=O)c1csc(-c2ccccc2C)n1)C1CCNCC1.Cl. The molecule has 0 bridgehead atoms. The summed E-state index contributed by atoms with van der Waals surface area (Å²) in [5.41, 5.74) is 2.89. The number of carbonyl (C=O) groups is 1. The Bertz CT molecular complexity index is 697. The average molecular weight is 380 g/mol. The Labute approximate surface area is 160 Å². The van der Waals surface area contributed by atoms with Gasteiger partial charge in [-0.25, -0.2) is 4.98 Å². The van der Waals surface area contributed by atoms with Gasteiger partial charge in [0.25, 0.3) is 5.91 Å². The molecule has 2 aromatic rings. The maximum absolute atomic E-state index is 13.0. The fraction of sp³-hybridized carbons (Fsp3) is 0.474. The van der Waals surface area contributed by atoms with Crippen LogP contribution in [0.4, 0.5) is 0 Å². The van der Waals surface area contributed by atoms with E-state index in [0.717, 1.165) is 49.5 Å². The number of benzene rings is 1. The zero-order valence-electron chi connectivity index (χ0n) is 14.8. The van der Waals surface area contributed by atoms with Crippen molar-refractivity contribution in [2.45, 2.75) is 39.2 Å². The lowest BCUT2D eigenvalue weighted by Crippen LogP contribution is -2.46. The van der Waals surface area contributed by atoms with E-state index in [-0.39, 0.29) is 18.3 Å². The fourth-order valence-corrected chi connectivity index (χ4v) is 4.15. The third-order valence-corrected chi connectivity index (χ3v) is 5.45. The summed E-state index contributed by atoms with van der Waals surface area (Å²) in [4.78, 5) is 19.7. The quantitative estimate of drug-likeness (QED) is 0.848. The highest BCUT2D eigenvalue weighted by Gasteiger charge is 2.27. The van der Waals surface area contributed by atoms with Gasteiger partial charge in [0.05, 0.1) is 0 Å². The van der Waals surface area contributed by atoms with Gasteiger partial charge in [-0.05, 0) is 44.8 Å². The molecule has 1 N–H and O–H groups in total. The van der Waals surface area contributed by atoms with E-state index in [2.05, 4.69) is 36.3 Å². The van der Waals surface area contributed by atoms with Crippen LogP contribution in [-0.2, 0) is 0 Å². The van der Waals surface area contributed by atoms with Gasteiger partial charge < -0.3 is 10.2 Å². The first-order valence-corrected chi connectivity index (χ1v) is 9.62. The van der Waals surface area contributed by atoms with Crippen LogP contribution in [-0.4, -0.2) is 41.5 Å². The van der Waals surface area contributed by atoms with Crippen molar-refractivity contribution in [3.05, 3.63) is 40.9 Å². The minimum atomic E-state index is 0. The normalized spacial score (nSPS) is 14.8. The van der Waals surface area contributed by atoms with Crippen molar-refractivity contribution >= 4 is 29.7 Å². The molecule has 136 valence electrons. The van der Waals surface area contributed by atoms with E-state index in [1.165, 1.54) is 5.56 Å². The van der Waals surface area contributed by atoms with Crippen molar-refractivity contribution in [2.75, 3.05) is 19.6 Å². The molecule has 0 atom stereocenters. The van der Waals surface area contributed by atoms with E-state index >= 15 is 0 Å². The highest BCUT2D eigenvalue weighted by atomic mass is 35.5. The summed E-state index contributed by atoms with van der Waals surface area (Å²) < 4.78 is 0. The summed E-state index contributed by atoms with van der Waals surface area (Å²) >= 11 is 1.56. The van der Waals surface area contributed by atoms with Crippen LogP contribution in [0.1, 0.15) is 42.2 Å². The molecule has 2 heterocycles. The molecular formula is C19H26ClN3OS. The molecule has 0 radical (unpaired) electrons. The summed E-state index contributed by atoms with van der Waals surface area (Å²) in [5.74, 6) is 0.0832. The smallest absolute Gasteiger partial charge is 0.273 e. The minimum Gasteiger partial charge on any atom is -0.334 e. The molecule has 4 nitrogen and oxygen atoms in total. The Balaban J connectivity index is 0.00000225. The van der Waals surface area contributed by atoms with Gasteiger partial charge in [0, 0.05) is 23.5 Å². The molecule has 0 saturated carbocycles. The lowest BCUT2D eigenvalue weighted by atomic mass is 10.0. The van der Waals surface area contributed by atoms with Gasteiger partial charge in [-0.3, -0.25) is 4.79 Å². The second-order valence-corrected chi connectivity index (χ2v) is 7.19. The van der Waals surface area contributed by atoms with Crippen LogP contribution in [0, 0.1) is 6.92 Å². The first-order valence-electron chi connectivity index (χ1n) is 8.74. The number of hydrogen-bond donors (Lipinski definition) is 1. The molecule has 6 heteroatoms. The third-order valence-electron chi connectivity index (χ3n) is 4.57. The molecule has 0 aliphatic carbocycles. The molecular weight excluding hydrogens is 354 g/mol. The van der Waals surface area contributed by atoms with E-state index in [4.69, 9.17) is 0 Å². The molecule has 1 aromatic carbocycles. The summed E-state index contributed by atoms with van der Waals surface area (Å²) in [6.45, 7) is 6.99. The molecule has 1 amide bonds. The molecule has 25 heavy (non-hydrogen) atoms. The lowest BCUT2D eigenvalue weighted by molar-refractivity contribution is 0.0637. The number of nitrogens with one attached hydrogen (secondary N) is 1. The zero-order chi connectivity index (χ0) is 16.9.